The molecular formula is C16H12Br2N4OS. The molecule has 0 atom stereocenters. The van der Waals surface area contributed by atoms with Crippen molar-refractivity contribution in [1.82, 2.24) is 14.8 Å². The minimum Gasteiger partial charge on any atom is -0.321 e. The number of halogens is 2. The summed E-state index contributed by atoms with van der Waals surface area (Å²) in [5.41, 5.74) is 1.30. The zero-order chi connectivity index (χ0) is 17.1. The number of aryl methyl sites for hydroxylation is 1. The molecule has 8 heteroatoms. The van der Waals surface area contributed by atoms with Gasteiger partial charge in [0.05, 0.1) is 5.69 Å². The molecule has 5 nitrogen and oxygen atoms in total. The third-order valence-electron chi connectivity index (χ3n) is 3.17. The summed E-state index contributed by atoms with van der Waals surface area (Å²) >= 11 is 8.25. The Labute approximate surface area is 160 Å². The number of nitrogens with one attached hydrogen (secondary N) is 1. The second-order valence-corrected chi connectivity index (χ2v) is 7.77. The van der Waals surface area contributed by atoms with Crippen molar-refractivity contribution in [2.24, 2.45) is 7.05 Å². The van der Waals surface area contributed by atoms with Gasteiger partial charge in [0.2, 0.25) is 0 Å². The van der Waals surface area contributed by atoms with Crippen LogP contribution in [-0.4, -0.2) is 20.7 Å². The fraction of sp³-hybridized carbons (Fsp3) is 0.0625. The number of anilines is 1. The summed E-state index contributed by atoms with van der Waals surface area (Å²) in [6, 6.07) is 12.9. The lowest BCUT2D eigenvalue weighted by Gasteiger charge is -2.11. The molecule has 0 saturated carbocycles. The van der Waals surface area contributed by atoms with Crippen LogP contribution in [0.1, 0.15) is 10.4 Å². The molecular weight excluding hydrogens is 456 g/mol. The predicted molar refractivity (Wildman–Crippen MR) is 101 cm³/mol. The summed E-state index contributed by atoms with van der Waals surface area (Å²) in [5, 5.41) is 11.6. The average molecular weight is 468 g/mol. The summed E-state index contributed by atoms with van der Waals surface area (Å²) in [5.74, 6) is -0.166. The van der Waals surface area contributed by atoms with Crippen LogP contribution in [0.15, 0.2) is 67.8 Å². The molecule has 1 aromatic heterocycles. The van der Waals surface area contributed by atoms with Crippen LogP contribution >= 0.6 is 43.6 Å². The normalized spacial score (nSPS) is 10.6. The summed E-state index contributed by atoms with van der Waals surface area (Å²) in [4.78, 5) is 13.4. The Kier molecular flexibility index (Phi) is 5.37. The number of nitrogens with zero attached hydrogens (tertiary/aromatic N) is 3. The molecule has 1 heterocycles. The zero-order valence-corrected chi connectivity index (χ0v) is 16.5. The van der Waals surface area contributed by atoms with Gasteiger partial charge >= 0.3 is 0 Å². The van der Waals surface area contributed by atoms with Gasteiger partial charge in [0, 0.05) is 26.5 Å². The molecule has 2 aromatic carbocycles. The van der Waals surface area contributed by atoms with Crippen molar-refractivity contribution in [3.63, 3.8) is 0 Å². The highest BCUT2D eigenvalue weighted by Gasteiger charge is 2.13. The SMILES string of the molecule is Cn1cnnc1Sc1ccc(Br)cc1NC(=O)c1ccc(Br)cc1. The highest BCUT2D eigenvalue weighted by Crippen LogP contribution is 2.34. The number of hydrogen-bond acceptors (Lipinski definition) is 4. The van der Waals surface area contributed by atoms with Gasteiger partial charge < -0.3 is 9.88 Å². The summed E-state index contributed by atoms with van der Waals surface area (Å²) in [6.45, 7) is 0. The monoisotopic (exact) mass is 466 g/mol. The number of amides is 1. The summed E-state index contributed by atoms with van der Waals surface area (Å²) in [6.07, 6.45) is 1.64. The second kappa shape index (κ2) is 7.50. The highest BCUT2D eigenvalue weighted by molar-refractivity contribution is 9.10. The van der Waals surface area contributed by atoms with Crippen LogP contribution < -0.4 is 5.32 Å². The van der Waals surface area contributed by atoms with E-state index in [9.17, 15) is 4.79 Å². The lowest BCUT2D eigenvalue weighted by molar-refractivity contribution is 0.102. The van der Waals surface area contributed by atoms with Crippen LogP contribution in [0.4, 0.5) is 5.69 Å². The summed E-state index contributed by atoms with van der Waals surface area (Å²) in [7, 11) is 1.88. The van der Waals surface area contributed by atoms with Gasteiger partial charge in [-0.15, -0.1) is 10.2 Å². The standard InChI is InChI=1S/C16H12Br2N4OS/c1-22-9-19-21-16(22)24-14-7-6-12(18)8-13(14)20-15(23)10-2-4-11(17)5-3-10/h2-9H,1H3,(H,20,23). The molecule has 0 aliphatic carbocycles. The molecule has 0 unspecified atom stereocenters. The Morgan fingerprint density at radius 3 is 2.50 bits per heavy atom. The molecule has 0 radical (unpaired) electrons. The number of carbonyl (C=O) groups excluding carboxylic acids is 1. The van der Waals surface area contributed by atoms with Gasteiger partial charge in [0.25, 0.3) is 5.91 Å². The van der Waals surface area contributed by atoms with Crippen molar-refractivity contribution in [2.75, 3.05) is 5.32 Å². The largest absolute Gasteiger partial charge is 0.321 e. The number of carbonyl (C=O) groups is 1. The Bertz CT molecular complexity index is 880. The first-order valence-electron chi connectivity index (χ1n) is 6.91. The molecule has 0 fully saturated rings. The van der Waals surface area contributed by atoms with E-state index < -0.39 is 0 Å². The minimum atomic E-state index is -0.166. The van der Waals surface area contributed by atoms with Crippen LogP contribution in [0.5, 0.6) is 0 Å². The fourth-order valence-electron chi connectivity index (χ4n) is 1.95. The quantitative estimate of drug-likeness (QED) is 0.601. The molecule has 0 saturated heterocycles. The van der Waals surface area contributed by atoms with Crippen molar-refractivity contribution in [3.05, 3.63) is 63.3 Å². The van der Waals surface area contributed by atoms with Gasteiger partial charge in [-0.1, -0.05) is 31.9 Å². The first-order valence-corrected chi connectivity index (χ1v) is 9.31. The van der Waals surface area contributed by atoms with E-state index in [0.717, 1.165) is 19.0 Å². The maximum atomic E-state index is 12.5. The van der Waals surface area contributed by atoms with Crippen molar-refractivity contribution >= 4 is 55.2 Å². The van der Waals surface area contributed by atoms with E-state index in [1.54, 1.807) is 18.5 Å². The van der Waals surface area contributed by atoms with Crippen LogP contribution in [0.3, 0.4) is 0 Å². The van der Waals surface area contributed by atoms with Gasteiger partial charge in [-0.25, -0.2) is 0 Å². The molecule has 0 aliphatic rings. The van der Waals surface area contributed by atoms with Crippen molar-refractivity contribution < 1.29 is 4.79 Å². The molecule has 3 rings (SSSR count). The number of benzene rings is 2. The van der Waals surface area contributed by atoms with E-state index in [1.807, 2.05) is 41.9 Å². The topological polar surface area (TPSA) is 59.8 Å². The maximum Gasteiger partial charge on any atom is 0.255 e. The zero-order valence-electron chi connectivity index (χ0n) is 12.5. The van der Waals surface area contributed by atoms with Crippen LogP contribution in [0, 0.1) is 0 Å². The van der Waals surface area contributed by atoms with Crippen molar-refractivity contribution in [2.45, 2.75) is 10.1 Å². The minimum absolute atomic E-state index is 0.166. The Morgan fingerprint density at radius 1 is 1.12 bits per heavy atom. The van der Waals surface area contributed by atoms with Crippen molar-refractivity contribution in [1.29, 1.82) is 0 Å². The number of rotatable bonds is 4. The van der Waals surface area contributed by atoms with Gasteiger partial charge in [-0.05, 0) is 54.2 Å². The van der Waals surface area contributed by atoms with E-state index >= 15 is 0 Å². The molecule has 3 aromatic rings. The molecule has 0 aliphatic heterocycles. The predicted octanol–water partition coefficient (Wildman–Crippen LogP) is 4.74. The molecule has 0 bridgehead atoms. The van der Waals surface area contributed by atoms with E-state index in [2.05, 4.69) is 47.4 Å². The third kappa shape index (κ3) is 4.06. The van der Waals surface area contributed by atoms with E-state index in [4.69, 9.17) is 0 Å². The second-order valence-electron chi connectivity index (χ2n) is 4.93. The lowest BCUT2D eigenvalue weighted by Crippen LogP contribution is -2.12. The van der Waals surface area contributed by atoms with Crippen LogP contribution in [-0.2, 0) is 7.05 Å². The van der Waals surface area contributed by atoms with E-state index in [1.165, 1.54) is 11.8 Å². The van der Waals surface area contributed by atoms with Crippen molar-refractivity contribution in [3.8, 4) is 0 Å². The van der Waals surface area contributed by atoms with Crippen LogP contribution in [0.2, 0.25) is 0 Å². The van der Waals surface area contributed by atoms with E-state index in [0.29, 0.717) is 11.3 Å². The fourth-order valence-corrected chi connectivity index (χ4v) is 3.41. The molecule has 122 valence electrons. The molecule has 1 amide bonds. The molecule has 0 spiro atoms. The summed E-state index contributed by atoms with van der Waals surface area (Å²) < 4.78 is 3.64. The van der Waals surface area contributed by atoms with Gasteiger partial charge in [-0.3, -0.25) is 4.79 Å². The van der Waals surface area contributed by atoms with Gasteiger partial charge in [-0.2, -0.15) is 0 Å². The van der Waals surface area contributed by atoms with Gasteiger partial charge in [0.15, 0.2) is 5.16 Å². The average Bonchev–Trinajstić information content (AvgIpc) is 2.95. The van der Waals surface area contributed by atoms with Gasteiger partial charge in [0.1, 0.15) is 6.33 Å². The number of aromatic nitrogens is 3. The van der Waals surface area contributed by atoms with Crippen LogP contribution in [0.25, 0.3) is 0 Å². The first-order chi connectivity index (χ1) is 11.5. The Morgan fingerprint density at radius 2 is 1.83 bits per heavy atom. The highest BCUT2D eigenvalue weighted by atomic mass is 79.9. The lowest BCUT2D eigenvalue weighted by atomic mass is 10.2. The first kappa shape index (κ1) is 17.2. The number of hydrogen-bond donors (Lipinski definition) is 1. The van der Waals surface area contributed by atoms with E-state index in [-0.39, 0.29) is 5.91 Å². The maximum absolute atomic E-state index is 12.5. The Hall–Kier alpha value is -1.64. The smallest absolute Gasteiger partial charge is 0.255 e. The third-order valence-corrected chi connectivity index (χ3v) is 5.32. The Balaban J connectivity index is 1.86. The molecule has 24 heavy (non-hydrogen) atoms. The molecule has 1 N–H and O–H groups in total.